The van der Waals surface area contributed by atoms with Gasteiger partial charge in [0.05, 0.1) is 7.11 Å². The molecule has 1 heteroatoms. The number of hydrogen-bond acceptors (Lipinski definition) is 1. The zero-order valence-electron chi connectivity index (χ0n) is 10.6. The molecule has 1 unspecified atom stereocenters. The van der Waals surface area contributed by atoms with Crippen molar-refractivity contribution in [1.82, 2.24) is 0 Å². The Morgan fingerprint density at radius 1 is 1.38 bits per heavy atom. The molecule has 16 heavy (non-hydrogen) atoms. The minimum Gasteiger partial charge on any atom is -0.497 e. The average Bonchev–Trinajstić information content (AvgIpc) is 2.34. The van der Waals surface area contributed by atoms with Gasteiger partial charge >= 0.3 is 0 Å². The summed E-state index contributed by atoms with van der Waals surface area (Å²) < 4.78 is 5.24. The molecule has 0 saturated heterocycles. The van der Waals surface area contributed by atoms with Crippen LogP contribution in [0.15, 0.2) is 18.2 Å². The first-order valence-corrected chi connectivity index (χ1v) is 5.79. The van der Waals surface area contributed by atoms with Gasteiger partial charge in [-0.1, -0.05) is 19.9 Å². The molecule has 0 saturated carbocycles. The maximum Gasteiger partial charge on any atom is 0.119 e. The lowest BCUT2D eigenvalue weighted by atomic mass is 9.92. The summed E-state index contributed by atoms with van der Waals surface area (Å²) in [5, 5.41) is 0. The molecule has 0 amide bonds. The van der Waals surface area contributed by atoms with Crippen LogP contribution in [0.5, 0.6) is 5.75 Å². The molecule has 1 aromatic rings. The molecular weight excluding hydrogens is 196 g/mol. The molecule has 0 aliphatic rings. The molecule has 0 spiro atoms. The van der Waals surface area contributed by atoms with Gasteiger partial charge in [-0.15, -0.1) is 11.8 Å². The van der Waals surface area contributed by atoms with Crippen molar-refractivity contribution >= 4 is 0 Å². The first kappa shape index (κ1) is 12.6. The minimum absolute atomic E-state index is 0.494. The van der Waals surface area contributed by atoms with Gasteiger partial charge in [-0.05, 0) is 42.5 Å². The van der Waals surface area contributed by atoms with Gasteiger partial charge in [0.2, 0.25) is 0 Å². The molecule has 0 heterocycles. The van der Waals surface area contributed by atoms with Crippen molar-refractivity contribution in [3.8, 4) is 17.6 Å². The van der Waals surface area contributed by atoms with E-state index in [2.05, 4.69) is 37.8 Å². The Balaban J connectivity index is 2.97. The topological polar surface area (TPSA) is 9.23 Å². The third-order valence-electron chi connectivity index (χ3n) is 2.85. The van der Waals surface area contributed by atoms with Crippen LogP contribution in [0.25, 0.3) is 0 Å². The lowest BCUT2D eigenvalue weighted by Gasteiger charge is -2.14. The molecule has 0 fully saturated rings. The van der Waals surface area contributed by atoms with Gasteiger partial charge < -0.3 is 4.74 Å². The van der Waals surface area contributed by atoms with Crippen LogP contribution in [-0.4, -0.2) is 7.11 Å². The maximum absolute atomic E-state index is 5.24. The molecule has 0 radical (unpaired) electrons. The van der Waals surface area contributed by atoms with Gasteiger partial charge in [-0.2, -0.15) is 0 Å². The van der Waals surface area contributed by atoms with Gasteiger partial charge in [0.1, 0.15) is 5.75 Å². The number of rotatable bonds is 4. The van der Waals surface area contributed by atoms with Crippen molar-refractivity contribution in [2.75, 3.05) is 7.11 Å². The van der Waals surface area contributed by atoms with E-state index in [4.69, 9.17) is 4.74 Å². The number of hydrogen-bond donors (Lipinski definition) is 0. The fourth-order valence-corrected chi connectivity index (χ4v) is 1.86. The molecule has 86 valence electrons. The molecule has 0 aliphatic heterocycles. The van der Waals surface area contributed by atoms with Gasteiger partial charge in [-0.25, -0.2) is 0 Å². The van der Waals surface area contributed by atoms with Crippen LogP contribution in [0.4, 0.5) is 0 Å². The van der Waals surface area contributed by atoms with Crippen LogP contribution in [0.3, 0.4) is 0 Å². The van der Waals surface area contributed by atoms with E-state index >= 15 is 0 Å². The van der Waals surface area contributed by atoms with E-state index in [9.17, 15) is 0 Å². The molecule has 0 bridgehead atoms. The number of methoxy groups -OCH3 is 1. The van der Waals surface area contributed by atoms with E-state index in [-0.39, 0.29) is 0 Å². The Morgan fingerprint density at radius 2 is 2.12 bits per heavy atom. The fourth-order valence-electron chi connectivity index (χ4n) is 1.86. The van der Waals surface area contributed by atoms with E-state index in [1.165, 1.54) is 11.1 Å². The Hall–Kier alpha value is -1.42. The van der Waals surface area contributed by atoms with E-state index in [0.717, 1.165) is 18.6 Å². The highest BCUT2D eigenvalue weighted by molar-refractivity contribution is 5.38. The summed E-state index contributed by atoms with van der Waals surface area (Å²) in [4.78, 5) is 0. The summed E-state index contributed by atoms with van der Waals surface area (Å²) >= 11 is 0. The fraction of sp³-hybridized carbons (Fsp3) is 0.467. The second kappa shape index (κ2) is 6.23. The predicted molar refractivity (Wildman–Crippen MR) is 68.9 cm³/mol. The van der Waals surface area contributed by atoms with E-state index in [0.29, 0.717) is 5.92 Å². The SMILES string of the molecule is CC#CCC(C)c1ccc(OC)cc1CC. The zero-order valence-corrected chi connectivity index (χ0v) is 10.6. The average molecular weight is 216 g/mol. The maximum atomic E-state index is 5.24. The van der Waals surface area contributed by atoms with Gasteiger partial charge in [-0.3, -0.25) is 0 Å². The van der Waals surface area contributed by atoms with Gasteiger partial charge in [0.25, 0.3) is 0 Å². The van der Waals surface area contributed by atoms with Crippen LogP contribution in [0.2, 0.25) is 0 Å². The standard InChI is InChI=1S/C15H20O/c1-5-7-8-12(3)15-10-9-14(16-4)11-13(15)6-2/h9-12H,6,8H2,1-4H3. The van der Waals surface area contributed by atoms with Crippen molar-refractivity contribution in [2.45, 2.75) is 39.5 Å². The number of ether oxygens (including phenoxy) is 1. The minimum atomic E-state index is 0.494. The van der Waals surface area contributed by atoms with Crippen LogP contribution in [0.1, 0.15) is 44.2 Å². The second-order valence-electron chi connectivity index (χ2n) is 3.95. The first-order valence-electron chi connectivity index (χ1n) is 5.79. The van der Waals surface area contributed by atoms with E-state index < -0.39 is 0 Å². The molecular formula is C15H20O. The Morgan fingerprint density at radius 3 is 2.69 bits per heavy atom. The molecule has 0 aromatic heterocycles. The highest BCUT2D eigenvalue weighted by Crippen LogP contribution is 2.26. The third kappa shape index (κ3) is 3.03. The lowest BCUT2D eigenvalue weighted by Crippen LogP contribution is -1.99. The van der Waals surface area contributed by atoms with Gasteiger partial charge in [0, 0.05) is 6.42 Å². The van der Waals surface area contributed by atoms with Crippen molar-refractivity contribution in [1.29, 1.82) is 0 Å². The summed E-state index contributed by atoms with van der Waals surface area (Å²) in [5.74, 6) is 7.53. The van der Waals surface area contributed by atoms with Crippen LogP contribution >= 0.6 is 0 Å². The second-order valence-corrected chi connectivity index (χ2v) is 3.95. The van der Waals surface area contributed by atoms with E-state index in [1.54, 1.807) is 7.11 Å². The van der Waals surface area contributed by atoms with Crippen molar-refractivity contribution < 1.29 is 4.74 Å². The summed E-state index contributed by atoms with van der Waals surface area (Å²) in [6.07, 6.45) is 1.96. The quantitative estimate of drug-likeness (QED) is 0.696. The van der Waals surface area contributed by atoms with Crippen molar-refractivity contribution in [3.05, 3.63) is 29.3 Å². The number of benzene rings is 1. The highest BCUT2D eigenvalue weighted by Gasteiger charge is 2.09. The predicted octanol–water partition coefficient (Wildman–Crippen LogP) is 3.77. The lowest BCUT2D eigenvalue weighted by molar-refractivity contribution is 0.414. The van der Waals surface area contributed by atoms with Crippen molar-refractivity contribution in [3.63, 3.8) is 0 Å². The third-order valence-corrected chi connectivity index (χ3v) is 2.85. The monoisotopic (exact) mass is 216 g/mol. The van der Waals surface area contributed by atoms with Crippen LogP contribution < -0.4 is 4.74 Å². The Kier molecular flexibility index (Phi) is 4.92. The first-order chi connectivity index (χ1) is 7.72. The summed E-state index contributed by atoms with van der Waals surface area (Å²) in [7, 11) is 1.71. The normalized spacial score (nSPS) is 11.5. The molecule has 1 atom stereocenters. The van der Waals surface area contributed by atoms with Crippen LogP contribution in [0, 0.1) is 11.8 Å². The van der Waals surface area contributed by atoms with Gasteiger partial charge in [0.15, 0.2) is 0 Å². The molecule has 0 N–H and O–H groups in total. The van der Waals surface area contributed by atoms with E-state index in [1.807, 2.05) is 13.0 Å². The van der Waals surface area contributed by atoms with Crippen molar-refractivity contribution in [2.24, 2.45) is 0 Å². The van der Waals surface area contributed by atoms with Crippen LogP contribution in [-0.2, 0) is 6.42 Å². The summed E-state index contributed by atoms with van der Waals surface area (Å²) in [6.45, 7) is 6.29. The Labute approximate surface area is 98.8 Å². The largest absolute Gasteiger partial charge is 0.497 e. The molecule has 0 aliphatic carbocycles. The highest BCUT2D eigenvalue weighted by atomic mass is 16.5. The summed E-state index contributed by atoms with van der Waals surface area (Å²) in [5.41, 5.74) is 2.76. The zero-order chi connectivity index (χ0) is 12.0. The number of aryl methyl sites for hydroxylation is 1. The smallest absolute Gasteiger partial charge is 0.119 e. The Bertz CT molecular complexity index is 396. The molecule has 1 aromatic carbocycles. The summed E-state index contributed by atoms with van der Waals surface area (Å²) in [6, 6.07) is 6.33. The molecule has 1 rings (SSSR count). The molecule has 1 nitrogen and oxygen atoms in total.